The highest BCUT2D eigenvalue weighted by molar-refractivity contribution is 7.89. The smallest absolute Gasteiger partial charge is 0.243 e. The van der Waals surface area contributed by atoms with Crippen LogP contribution >= 0.6 is 0 Å². The lowest BCUT2D eigenvalue weighted by molar-refractivity contribution is -0.0304. The lowest BCUT2D eigenvalue weighted by Crippen LogP contribution is -2.46. The van der Waals surface area contributed by atoms with Crippen molar-refractivity contribution in [2.75, 3.05) is 26.3 Å². The third kappa shape index (κ3) is 2.92. The molecular weight excluding hydrogens is 280 g/mol. The molecule has 1 aromatic carbocycles. The van der Waals surface area contributed by atoms with Crippen LogP contribution in [0.1, 0.15) is 0 Å². The maximum atomic E-state index is 13.1. The van der Waals surface area contributed by atoms with Crippen molar-refractivity contribution in [1.29, 1.82) is 0 Å². The molecule has 0 spiro atoms. The fraction of sp³-hybridized carbons (Fsp3) is 0.455. The molecule has 1 unspecified atom stereocenters. The van der Waals surface area contributed by atoms with Crippen molar-refractivity contribution in [2.24, 2.45) is 0 Å². The SMILES string of the molecule is O=S(=O)(c1ccc(F)c(F)c1)N1CCOC(CO)C1. The van der Waals surface area contributed by atoms with Crippen LogP contribution in [0.3, 0.4) is 0 Å². The normalized spacial score (nSPS) is 21.5. The first-order chi connectivity index (χ1) is 8.95. The summed E-state index contributed by atoms with van der Waals surface area (Å²) in [4.78, 5) is -0.315. The predicted molar refractivity (Wildman–Crippen MR) is 61.9 cm³/mol. The minimum atomic E-state index is -3.91. The van der Waals surface area contributed by atoms with Gasteiger partial charge in [-0.2, -0.15) is 4.31 Å². The van der Waals surface area contributed by atoms with Crippen LogP contribution in [0.2, 0.25) is 0 Å². The summed E-state index contributed by atoms with van der Waals surface area (Å²) in [5.41, 5.74) is 0. The van der Waals surface area contributed by atoms with Gasteiger partial charge in [-0.3, -0.25) is 0 Å². The van der Waals surface area contributed by atoms with Gasteiger partial charge < -0.3 is 9.84 Å². The van der Waals surface area contributed by atoms with E-state index >= 15 is 0 Å². The van der Waals surface area contributed by atoms with Gasteiger partial charge in [0.2, 0.25) is 10.0 Å². The molecule has 0 radical (unpaired) electrons. The maximum absolute atomic E-state index is 13.1. The first-order valence-electron chi connectivity index (χ1n) is 5.63. The van der Waals surface area contributed by atoms with E-state index in [0.29, 0.717) is 6.07 Å². The number of ether oxygens (including phenoxy) is 1. The Morgan fingerprint density at radius 2 is 2.11 bits per heavy atom. The van der Waals surface area contributed by atoms with E-state index in [2.05, 4.69) is 0 Å². The quantitative estimate of drug-likeness (QED) is 0.873. The van der Waals surface area contributed by atoms with E-state index in [9.17, 15) is 17.2 Å². The summed E-state index contributed by atoms with van der Waals surface area (Å²) in [6, 6.07) is 2.43. The predicted octanol–water partition coefficient (Wildman–Crippen LogP) is 0.347. The fourth-order valence-electron chi connectivity index (χ4n) is 1.81. The van der Waals surface area contributed by atoms with E-state index in [4.69, 9.17) is 9.84 Å². The first-order valence-corrected chi connectivity index (χ1v) is 7.07. The van der Waals surface area contributed by atoms with Gasteiger partial charge in [0.05, 0.1) is 24.2 Å². The molecule has 8 heteroatoms. The van der Waals surface area contributed by atoms with Crippen molar-refractivity contribution >= 4 is 10.0 Å². The van der Waals surface area contributed by atoms with Crippen LogP contribution < -0.4 is 0 Å². The van der Waals surface area contributed by atoms with Crippen molar-refractivity contribution in [3.63, 3.8) is 0 Å². The van der Waals surface area contributed by atoms with Gasteiger partial charge in [-0.25, -0.2) is 17.2 Å². The molecule has 5 nitrogen and oxygen atoms in total. The highest BCUT2D eigenvalue weighted by atomic mass is 32.2. The van der Waals surface area contributed by atoms with Gasteiger partial charge in [-0.05, 0) is 18.2 Å². The highest BCUT2D eigenvalue weighted by Gasteiger charge is 2.30. The summed E-state index contributed by atoms with van der Waals surface area (Å²) in [6.07, 6.45) is -0.603. The molecule has 1 aliphatic heterocycles. The monoisotopic (exact) mass is 293 g/mol. The zero-order valence-corrected chi connectivity index (χ0v) is 10.7. The molecule has 1 aromatic rings. The van der Waals surface area contributed by atoms with Crippen LogP contribution in [0.4, 0.5) is 8.78 Å². The molecule has 0 saturated carbocycles. The largest absolute Gasteiger partial charge is 0.394 e. The minimum Gasteiger partial charge on any atom is -0.394 e. The van der Waals surface area contributed by atoms with Gasteiger partial charge >= 0.3 is 0 Å². The highest BCUT2D eigenvalue weighted by Crippen LogP contribution is 2.20. The fourth-order valence-corrected chi connectivity index (χ4v) is 3.28. The van der Waals surface area contributed by atoms with Gasteiger partial charge in [0, 0.05) is 13.1 Å². The molecule has 1 saturated heterocycles. The van der Waals surface area contributed by atoms with Crippen LogP contribution in [0.5, 0.6) is 0 Å². The number of aliphatic hydroxyl groups is 1. The lowest BCUT2D eigenvalue weighted by Gasteiger charge is -2.31. The lowest BCUT2D eigenvalue weighted by atomic mass is 10.3. The van der Waals surface area contributed by atoms with Gasteiger partial charge in [-0.1, -0.05) is 0 Å². The van der Waals surface area contributed by atoms with E-state index in [1.165, 1.54) is 0 Å². The van der Waals surface area contributed by atoms with Crippen LogP contribution in [0, 0.1) is 11.6 Å². The molecule has 1 aliphatic rings. The van der Waals surface area contributed by atoms with Crippen molar-refractivity contribution in [2.45, 2.75) is 11.0 Å². The molecule has 0 bridgehead atoms. The number of benzene rings is 1. The Bertz CT molecular complexity index is 564. The Hall–Kier alpha value is -1.09. The second-order valence-electron chi connectivity index (χ2n) is 4.11. The van der Waals surface area contributed by atoms with Crippen LogP contribution in [-0.4, -0.2) is 50.2 Å². The van der Waals surface area contributed by atoms with Gasteiger partial charge in [0.1, 0.15) is 0 Å². The first kappa shape index (κ1) is 14.3. The molecule has 1 atom stereocenters. The molecule has 19 heavy (non-hydrogen) atoms. The molecule has 0 aliphatic carbocycles. The summed E-state index contributed by atoms with van der Waals surface area (Å²) < 4.78 is 56.6. The van der Waals surface area contributed by atoms with E-state index in [1.807, 2.05) is 0 Å². The topological polar surface area (TPSA) is 66.8 Å². The Morgan fingerprint density at radius 1 is 1.37 bits per heavy atom. The number of hydrogen-bond acceptors (Lipinski definition) is 4. The second kappa shape index (κ2) is 5.49. The van der Waals surface area contributed by atoms with E-state index in [-0.39, 0.29) is 31.2 Å². The number of morpholine rings is 1. The summed E-state index contributed by atoms with van der Waals surface area (Å²) in [5, 5.41) is 8.97. The molecule has 0 aromatic heterocycles. The zero-order valence-electron chi connectivity index (χ0n) is 9.92. The van der Waals surface area contributed by atoms with Crippen molar-refractivity contribution < 1.29 is 27.0 Å². The van der Waals surface area contributed by atoms with Gasteiger partial charge in [-0.15, -0.1) is 0 Å². The average Bonchev–Trinajstić information content (AvgIpc) is 2.41. The Labute approximate surface area is 109 Å². The summed E-state index contributed by atoms with van der Waals surface area (Å²) in [7, 11) is -3.91. The van der Waals surface area contributed by atoms with Crippen molar-refractivity contribution in [3.05, 3.63) is 29.8 Å². The van der Waals surface area contributed by atoms with Crippen molar-refractivity contribution in [1.82, 2.24) is 4.31 Å². The Balaban J connectivity index is 2.28. The molecule has 1 fully saturated rings. The molecule has 2 rings (SSSR count). The Morgan fingerprint density at radius 3 is 2.74 bits per heavy atom. The standard InChI is InChI=1S/C11H13F2NO4S/c12-10-2-1-9(5-11(10)13)19(16,17)14-3-4-18-8(6-14)7-15/h1-2,5,8,15H,3-4,6-7H2. The number of halogens is 2. The minimum absolute atomic E-state index is 0.0160. The summed E-state index contributed by atoms with van der Waals surface area (Å²) in [5.74, 6) is -2.32. The second-order valence-corrected chi connectivity index (χ2v) is 6.05. The average molecular weight is 293 g/mol. The molecule has 1 heterocycles. The van der Waals surface area contributed by atoms with Crippen molar-refractivity contribution in [3.8, 4) is 0 Å². The zero-order chi connectivity index (χ0) is 14.0. The number of aliphatic hydroxyl groups excluding tert-OH is 1. The van der Waals surface area contributed by atoms with Gasteiger partial charge in [0.15, 0.2) is 11.6 Å². The summed E-state index contributed by atoms with van der Waals surface area (Å²) in [6.45, 7) is -0.0619. The molecule has 1 N–H and O–H groups in total. The maximum Gasteiger partial charge on any atom is 0.243 e. The molecule has 0 amide bonds. The third-order valence-electron chi connectivity index (χ3n) is 2.83. The Kier molecular flexibility index (Phi) is 4.14. The van der Waals surface area contributed by atoms with E-state index in [1.54, 1.807) is 0 Å². The van der Waals surface area contributed by atoms with Gasteiger partial charge in [0.25, 0.3) is 0 Å². The third-order valence-corrected chi connectivity index (χ3v) is 4.70. The number of rotatable bonds is 3. The molecule has 106 valence electrons. The summed E-state index contributed by atoms with van der Waals surface area (Å²) >= 11 is 0. The van der Waals surface area contributed by atoms with Crippen LogP contribution in [0.25, 0.3) is 0 Å². The van der Waals surface area contributed by atoms with E-state index in [0.717, 1.165) is 16.4 Å². The number of hydrogen-bond donors (Lipinski definition) is 1. The molecular formula is C11H13F2NO4S. The van der Waals surface area contributed by atoms with E-state index < -0.39 is 27.8 Å². The van der Waals surface area contributed by atoms with Crippen LogP contribution in [0.15, 0.2) is 23.1 Å². The van der Waals surface area contributed by atoms with Crippen LogP contribution in [-0.2, 0) is 14.8 Å². The number of sulfonamides is 1. The number of nitrogens with zero attached hydrogens (tertiary/aromatic N) is 1.